The molecule has 0 saturated heterocycles. The second kappa shape index (κ2) is 8.52. The minimum absolute atomic E-state index is 0.182. The predicted octanol–water partition coefficient (Wildman–Crippen LogP) is 4.99. The van der Waals surface area contributed by atoms with Crippen molar-refractivity contribution in [3.8, 4) is 16.5 Å². The van der Waals surface area contributed by atoms with Crippen LogP contribution in [0.15, 0.2) is 89.7 Å². The summed E-state index contributed by atoms with van der Waals surface area (Å²) < 4.78 is 2.35. The molecule has 2 heterocycles. The molecule has 0 amide bonds. The van der Waals surface area contributed by atoms with Gasteiger partial charge in [-0.2, -0.15) is 0 Å². The smallest absolute Gasteiger partial charge is 0.297 e. The number of benzene rings is 3. The van der Waals surface area contributed by atoms with Gasteiger partial charge in [0.2, 0.25) is 11.7 Å². The van der Waals surface area contributed by atoms with Crippen molar-refractivity contribution in [1.29, 1.82) is 0 Å². The van der Waals surface area contributed by atoms with E-state index >= 15 is 0 Å². The Kier molecular flexibility index (Phi) is 5.40. The highest BCUT2D eigenvalue weighted by molar-refractivity contribution is 7.21. The van der Waals surface area contributed by atoms with Gasteiger partial charge in [-0.15, -0.1) is 11.3 Å². The Morgan fingerprint density at radius 1 is 0.879 bits per heavy atom. The molecule has 1 N–H and O–H groups in total. The molecule has 3 aromatic carbocycles. The molecule has 6 nitrogen and oxygen atoms in total. The highest BCUT2D eigenvalue weighted by atomic mass is 32.1. The van der Waals surface area contributed by atoms with Crippen molar-refractivity contribution in [2.24, 2.45) is 7.05 Å². The SMILES string of the molecule is CN(c1nc(-c2nc3ccccc3s2)c(O)c(=O)n1C)C(c1ccccc1)c1ccccc1. The van der Waals surface area contributed by atoms with Crippen LogP contribution in [0, 0.1) is 0 Å². The summed E-state index contributed by atoms with van der Waals surface area (Å²) in [6, 6.07) is 27.7. The normalized spacial score (nSPS) is 11.2. The molecule has 0 bridgehead atoms. The van der Waals surface area contributed by atoms with Gasteiger partial charge in [0.05, 0.1) is 16.3 Å². The minimum atomic E-state index is -0.513. The van der Waals surface area contributed by atoms with Crippen molar-refractivity contribution in [1.82, 2.24) is 14.5 Å². The summed E-state index contributed by atoms with van der Waals surface area (Å²) in [4.78, 5) is 24.3. The average molecular weight is 455 g/mol. The lowest BCUT2D eigenvalue weighted by Gasteiger charge is -2.31. The van der Waals surface area contributed by atoms with Crippen molar-refractivity contribution in [3.63, 3.8) is 0 Å². The minimum Gasteiger partial charge on any atom is -0.501 e. The molecule has 0 fully saturated rings. The van der Waals surface area contributed by atoms with Gasteiger partial charge in [0.15, 0.2) is 5.69 Å². The van der Waals surface area contributed by atoms with Gasteiger partial charge in [0.1, 0.15) is 5.01 Å². The molecule has 0 aliphatic heterocycles. The number of rotatable bonds is 5. The molecule has 0 aliphatic carbocycles. The summed E-state index contributed by atoms with van der Waals surface area (Å²) >= 11 is 1.40. The van der Waals surface area contributed by atoms with Gasteiger partial charge in [-0.1, -0.05) is 72.8 Å². The van der Waals surface area contributed by atoms with E-state index < -0.39 is 11.3 Å². The van der Waals surface area contributed by atoms with Crippen LogP contribution in [0.4, 0.5) is 5.95 Å². The van der Waals surface area contributed by atoms with Gasteiger partial charge < -0.3 is 10.0 Å². The zero-order valence-corrected chi connectivity index (χ0v) is 19.0. The largest absolute Gasteiger partial charge is 0.501 e. The van der Waals surface area contributed by atoms with E-state index in [1.807, 2.05) is 72.6 Å². The van der Waals surface area contributed by atoms with Crippen LogP contribution in [-0.4, -0.2) is 26.7 Å². The van der Waals surface area contributed by atoms with Crippen LogP contribution in [0.25, 0.3) is 20.9 Å². The Morgan fingerprint density at radius 2 is 1.45 bits per heavy atom. The fourth-order valence-corrected chi connectivity index (χ4v) is 5.00. The molecule has 0 aliphatic rings. The fourth-order valence-electron chi connectivity index (χ4n) is 4.04. The lowest BCUT2D eigenvalue weighted by atomic mass is 9.98. The molecule has 33 heavy (non-hydrogen) atoms. The number of aromatic hydroxyl groups is 1. The van der Waals surface area contributed by atoms with Gasteiger partial charge in [-0.05, 0) is 23.3 Å². The van der Waals surface area contributed by atoms with Gasteiger partial charge in [0, 0.05) is 14.1 Å². The van der Waals surface area contributed by atoms with Crippen molar-refractivity contribution in [2.45, 2.75) is 6.04 Å². The quantitative estimate of drug-likeness (QED) is 0.405. The maximum absolute atomic E-state index is 13.0. The van der Waals surface area contributed by atoms with Gasteiger partial charge >= 0.3 is 0 Å². The number of hydrogen-bond donors (Lipinski definition) is 1. The average Bonchev–Trinajstić information content (AvgIpc) is 3.28. The number of anilines is 1. The molecule has 0 spiro atoms. The van der Waals surface area contributed by atoms with Crippen LogP contribution < -0.4 is 10.5 Å². The second-order valence-corrected chi connectivity index (χ2v) is 8.83. The maximum atomic E-state index is 13.0. The number of hydrogen-bond acceptors (Lipinski definition) is 6. The van der Waals surface area contributed by atoms with E-state index in [2.05, 4.69) is 29.2 Å². The third kappa shape index (κ3) is 3.76. The number of para-hydroxylation sites is 1. The first-order valence-corrected chi connectivity index (χ1v) is 11.3. The van der Waals surface area contributed by atoms with E-state index in [1.165, 1.54) is 15.9 Å². The first-order chi connectivity index (χ1) is 16.0. The van der Waals surface area contributed by atoms with E-state index in [-0.39, 0.29) is 11.7 Å². The van der Waals surface area contributed by atoms with Gasteiger partial charge in [0.25, 0.3) is 5.56 Å². The molecule has 164 valence electrons. The zero-order valence-electron chi connectivity index (χ0n) is 18.2. The van der Waals surface area contributed by atoms with Crippen LogP contribution in [0.2, 0.25) is 0 Å². The summed E-state index contributed by atoms with van der Waals surface area (Å²) in [5, 5.41) is 11.2. The van der Waals surface area contributed by atoms with Crippen molar-refractivity contribution in [2.75, 3.05) is 11.9 Å². The van der Waals surface area contributed by atoms with E-state index in [0.29, 0.717) is 11.0 Å². The summed E-state index contributed by atoms with van der Waals surface area (Å²) in [5.41, 5.74) is 2.62. The van der Waals surface area contributed by atoms with Crippen molar-refractivity contribution in [3.05, 3.63) is 106 Å². The Hall–Kier alpha value is -3.97. The summed E-state index contributed by atoms with van der Waals surface area (Å²) in [5.74, 6) is 0.0365. The van der Waals surface area contributed by atoms with E-state index in [4.69, 9.17) is 4.98 Å². The van der Waals surface area contributed by atoms with Crippen LogP contribution in [-0.2, 0) is 7.05 Å². The Labute approximate surface area is 195 Å². The first kappa shape index (κ1) is 20.9. The predicted molar refractivity (Wildman–Crippen MR) is 133 cm³/mol. The molecule has 2 aromatic heterocycles. The van der Waals surface area contributed by atoms with Crippen LogP contribution in [0.3, 0.4) is 0 Å². The lowest BCUT2D eigenvalue weighted by Crippen LogP contribution is -2.32. The van der Waals surface area contributed by atoms with Gasteiger partial charge in [-0.3, -0.25) is 9.36 Å². The fraction of sp³-hybridized carbons (Fsp3) is 0.115. The van der Waals surface area contributed by atoms with Crippen LogP contribution >= 0.6 is 11.3 Å². The molecule has 5 rings (SSSR count). The van der Waals surface area contributed by atoms with E-state index in [1.54, 1.807) is 7.05 Å². The summed E-state index contributed by atoms with van der Waals surface area (Å²) in [6.45, 7) is 0. The second-order valence-electron chi connectivity index (χ2n) is 7.79. The van der Waals surface area contributed by atoms with E-state index in [0.717, 1.165) is 21.3 Å². The Morgan fingerprint density at radius 3 is 2.06 bits per heavy atom. The first-order valence-electron chi connectivity index (χ1n) is 10.5. The standard InChI is InChI=1S/C26H22N4O2S/c1-29(22(17-11-5-3-6-12-17)18-13-7-4-8-14-18)26-28-21(23(31)25(32)30(26)2)24-27-19-15-9-10-16-20(19)33-24/h3-16,22,31H,1-2H3. The number of aromatic nitrogens is 3. The highest BCUT2D eigenvalue weighted by Gasteiger charge is 2.26. The molecular formula is C26H22N4O2S. The Balaban J connectivity index is 1.68. The van der Waals surface area contributed by atoms with Crippen LogP contribution in [0.5, 0.6) is 5.75 Å². The maximum Gasteiger partial charge on any atom is 0.297 e. The highest BCUT2D eigenvalue weighted by Crippen LogP contribution is 2.35. The summed E-state index contributed by atoms with van der Waals surface area (Å²) in [6.07, 6.45) is 0. The van der Waals surface area contributed by atoms with Gasteiger partial charge in [-0.25, -0.2) is 9.97 Å². The number of fused-ring (bicyclic) bond motifs is 1. The molecule has 7 heteroatoms. The molecule has 0 atom stereocenters. The van der Waals surface area contributed by atoms with E-state index in [9.17, 15) is 9.90 Å². The van der Waals surface area contributed by atoms with Crippen LogP contribution in [0.1, 0.15) is 17.2 Å². The molecule has 5 aromatic rings. The monoisotopic (exact) mass is 454 g/mol. The summed E-state index contributed by atoms with van der Waals surface area (Å²) in [7, 11) is 3.53. The molecule has 0 saturated carbocycles. The number of thiazole rings is 1. The third-order valence-corrected chi connectivity index (χ3v) is 6.72. The molecular weight excluding hydrogens is 432 g/mol. The number of nitrogens with zero attached hydrogens (tertiary/aromatic N) is 4. The molecule has 0 radical (unpaired) electrons. The Bertz CT molecular complexity index is 1410. The van der Waals surface area contributed by atoms with Crippen molar-refractivity contribution < 1.29 is 5.11 Å². The molecule has 0 unspecified atom stereocenters. The third-order valence-electron chi connectivity index (χ3n) is 5.67. The zero-order chi connectivity index (χ0) is 22.9. The lowest BCUT2D eigenvalue weighted by molar-refractivity contribution is 0.459. The van der Waals surface area contributed by atoms with Crippen molar-refractivity contribution >= 4 is 27.5 Å². The topological polar surface area (TPSA) is 71.2 Å².